The molecule has 1 amide bonds. The molecule has 1 aliphatic rings. The van der Waals surface area contributed by atoms with Crippen molar-refractivity contribution in [2.24, 2.45) is 5.10 Å². The summed E-state index contributed by atoms with van der Waals surface area (Å²) in [6.07, 6.45) is 0. The van der Waals surface area contributed by atoms with Crippen molar-refractivity contribution in [2.45, 2.75) is 25.7 Å². The quantitative estimate of drug-likeness (QED) is 0.466. The normalized spacial score (nSPS) is 17.6. The van der Waals surface area contributed by atoms with E-state index in [1.54, 1.807) is 13.8 Å². The van der Waals surface area contributed by atoms with Crippen molar-refractivity contribution in [2.75, 3.05) is 0 Å². The number of aliphatic hydroxyl groups is 2. The SMILES string of the molecule is CC(C)N1N=C(c2cccc([N+](=O)[O-])c2)C(O)(O)C1=O. The maximum Gasteiger partial charge on any atom is 0.309 e. The zero-order chi connectivity index (χ0) is 15.1. The Morgan fingerprint density at radius 3 is 2.55 bits per heavy atom. The molecule has 8 nitrogen and oxygen atoms in total. The summed E-state index contributed by atoms with van der Waals surface area (Å²) in [6.45, 7) is 3.32. The second-order valence-electron chi connectivity index (χ2n) is 4.67. The highest BCUT2D eigenvalue weighted by atomic mass is 16.6. The summed E-state index contributed by atoms with van der Waals surface area (Å²) in [5.41, 5.74) is -0.433. The molecule has 20 heavy (non-hydrogen) atoms. The third kappa shape index (κ3) is 2.15. The number of non-ortho nitro benzene ring substituents is 1. The van der Waals surface area contributed by atoms with Crippen LogP contribution in [0.2, 0.25) is 0 Å². The number of carbonyl (C=O) groups excluding carboxylic acids is 1. The molecule has 106 valence electrons. The molecule has 1 aromatic rings. The van der Waals surface area contributed by atoms with Crippen molar-refractivity contribution in [3.63, 3.8) is 0 Å². The molecule has 8 heteroatoms. The van der Waals surface area contributed by atoms with Gasteiger partial charge in [-0.2, -0.15) is 5.10 Å². The maximum atomic E-state index is 11.8. The maximum absolute atomic E-state index is 11.8. The van der Waals surface area contributed by atoms with Crippen LogP contribution in [0.5, 0.6) is 0 Å². The lowest BCUT2D eigenvalue weighted by Crippen LogP contribution is -2.47. The molecule has 0 atom stereocenters. The highest BCUT2D eigenvalue weighted by Gasteiger charge is 2.50. The summed E-state index contributed by atoms with van der Waals surface area (Å²) >= 11 is 0. The predicted molar refractivity (Wildman–Crippen MR) is 68.8 cm³/mol. The van der Waals surface area contributed by atoms with Crippen LogP contribution < -0.4 is 0 Å². The molecule has 2 N–H and O–H groups in total. The van der Waals surface area contributed by atoms with Crippen LogP contribution in [0.4, 0.5) is 5.69 Å². The standard InChI is InChI=1S/C12H13N3O5/c1-7(2)14-11(16)12(17,18)10(13-14)8-4-3-5-9(6-8)15(19)20/h3-7,17-18H,1-2H3. The molecule has 0 aliphatic carbocycles. The van der Waals surface area contributed by atoms with Crippen LogP contribution in [-0.2, 0) is 4.79 Å². The van der Waals surface area contributed by atoms with Crippen LogP contribution in [-0.4, -0.2) is 43.6 Å². The van der Waals surface area contributed by atoms with Crippen molar-refractivity contribution in [1.82, 2.24) is 5.01 Å². The molecular formula is C12H13N3O5. The van der Waals surface area contributed by atoms with Crippen molar-refractivity contribution >= 4 is 17.3 Å². The van der Waals surface area contributed by atoms with Crippen molar-refractivity contribution in [1.29, 1.82) is 0 Å². The Labute approximate surface area is 114 Å². The monoisotopic (exact) mass is 279 g/mol. The number of nitrogens with zero attached hydrogens (tertiary/aromatic N) is 3. The lowest BCUT2D eigenvalue weighted by atomic mass is 10.0. The van der Waals surface area contributed by atoms with Crippen molar-refractivity contribution in [3.8, 4) is 0 Å². The summed E-state index contributed by atoms with van der Waals surface area (Å²) in [5, 5.41) is 35.3. The second-order valence-corrected chi connectivity index (χ2v) is 4.67. The van der Waals surface area contributed by atoms with Gasteiger partial charge in [-0.3, -0.25) is 14.9 Å². The Kier molecular flexibility index (Phi) is 3.28. The minimum Gasteiger partial charge on any atom is -0.353 e. The highest BCUT2D eigenvalue weighted by molar-refractivity contribution is 6.21. The second kappa shape index (κ2) is 4.66. The number of nitro benzene ring substituents is 1. The molecule has 0 saturated heterocycles. The highest BCUT2D eigenvalue weighted by Crippen LogP contribution is 2.26. The molecule has 1 heterocycles. The number of amides is 1. The van der Waals surface area contributed by atoms with E-state index in [4.69, 9.17) is 0 Å². The lowest BCUT2D eigenvalue weighted by Gasteiger charge is -2.19. The van der Waals surface area contributed by atoms with Gasteiger partial charge in [-0.05, 0) is 13.8 Å². The van der Waals surface area contributed by atoms with Crippen molar-refractivity contribution in [3.05, 3.63) is 39.9 Å². The van der Waals surface area contributed by atoms with E-state index in [9.17, 15) is 25.1 Å². The summed E-state index contributed by atoms with van der Waals surface area (Å²) < 4.78 is 0. The van der Waals surface area contributed by atoms with E-state index >= 15 is 0 Å². The van der Waals surface area contributed by atoms with E-state index in [-0.39, 0.29) is 23.0 Å². The number of nitro groups is 1. The van der Waals surface area contributed by atoms with Gasteiger partial charge in [0.05, 0.1) is 11.0 Å². The molecule has 0 fully saturated rings. The first kappa shape index (κ1) is 14.1. The smallest absolute Gasteiger partial charge is 0.309 e. The number of rotatable bonds is 3. The molecule has 1 aliphatic heterocycles. The third-order valence-corrected chi connectivity index (χ3v) is 2.86. The summed E-state index contributed by atoms with van der Waals surface area (Å²) in [7, 11) is 0. The van der Waals surface area contributed by atoms with E-state index in [1.807, 2.05) is 0 Å². The molecule has 0 aromatic heterocycles. The molecule has 1 aromatic carbocycles. The van der Waals surface area contributed by atoms with Gasteiger partial charge in [0.1, 0.15) is 5.71 Å². The zero-order valence-corrected chi connectivity index (χ0v) is 10.8. The molecule has 2 rings (SSSR count). The molecule has 0 spiro atoms. The number of hydrogen-bond acceptors (Lipinski definition) is 6. The number of benzene rings is 1. The molecule has 0 saturated carbocycles. The van der Waals surface area contributed by atoms with Gasteiger partial charge in [-0.15, -0.1) is 0 Å². The predicted octanol–water partition coefficient (Wildman–Crippen LogP) is 0.230. The first-order valence-electron chi connectivity index (χ1n) is 5.87. The van der Waals surface area contributed by atoms with Gasteiger partial charge in [-0.25, -0.2) is 5.01 Å². The van der Waals surface area contributed by atoms with Gasteiger partial charge in [0.25, 0.3) is 11.5 Å². The molecular weight excluding hydrogens is 266 g/mol. The molecule has 0 unspecified atom stereocenters. The average Bonchev–Trinajstić information content (AvgIpc) is 2.61. The van der Waals surface area contributed by atoms with E-state index in [1.165, 1.54) is 18.2 Å². The Morgan fingerprint density at radius 1 is 1.40 bits per heavy atom. The van der Waals surface area contributed by atoms with Crippen molar-refractivity contribution < 1.29 is 19.9 Å². The van der Waals surface area contributed by atoms with Crippen LogP contribution >= 0.6 is 0 Å². The van der Waals surface area contributed by atoms with Crippen LogP contribution in [0.25, 0.3) is 0 Å². The fraction of sp³-hybridized carbons (Fsp3) is 0.333. The first-order chi connectivity index (χ1) is 9.25. The van der Waals surface area contributed by atoms with Gasteiger partial charge < -0.3 is 10.2 Å². The Balaban J connectivity index is 2.51. The molecule has 0 bridgehead atoms. The van der Waals surface area contributed by atoms with Gasteiger partial charge in [0, 0.05) is 17.7 Å². The number of hydrazone groups is 1. The average molecular weight is 279 g/mol. The fourth-order valence-corrected chi connectivity index (χ4v) is 1.86. The van der Waals surface area contributed by atoms with Gasteiger partial charge in [-0.1, -0.05) is 12.1 Å². The summed E-state index contributed by atoms with van der Waals surface area (Å²) in [4.78, 5) is 22.0. The summed E-state index contributed by atoms with van der Waals surface area (Å²) in [5.74, 6) is -3.76. The largest absolute Gasteiger partial charge is 0.353 e. The van der Waals surface area contributed by atoms with E-state index in [2.05, 4.69) is 5.10 Å². The first-order valence-corrected chi connectivity index (χ1v) is 5.87. The Hall–Kier alpha value is -2.32. The van der Waals surface area contributed by atoms with Gasteiger partial charge >= 0.3 is 5.91 Å². The number of carbonyl (C=O) groups is 1. The lowest BCUT2D eigenvalue weighted by molar-refractivity contribution is -0.384. The van der Waals surface area contributed by atoms with E-state index in [0.29, 0.717) is 0 Å². The van der Waals surface area contributed by atoms with E-state index < -0.39 is 16.6 Å². The Bertz CT molecular complexity index is 609. The van der Waals surface area contributed by atoms with Crippen LogP contribution in [0.15, 0.2) is 29.4 Å². The van der Waals surface area contributed by atoms with E-state index in [0.717, 1.165) is 11.1 Å². The minimum absolute atomic E-state index is 0.112. The van der Waals surface area contributed by atoms with Gasteiger partial charge in [0.2, 0.25) is 0 Å². The van der Waals surface area contributed by atoms with Crippen LogP contribution in [0, 0.1) is 10.1 Å². The fourth-order valence-electron chi connectivity index (χ4n) is 1.86. The number of hydrogen-bond donors (Lipinski definition) is 2. The topological polar surface area (TPSA) is 116 Å². The summed E-state index contributed by atoms with van der Waals surface area (Å²) in [6, 6.07) is 4.84. The van der Waals surface area contributed by atoms with Gasteiger partial charge in [0.15, 0.2) is 0 Å². The van der Waals surface area contributed by atoms with Crippen LogP contribution in [0.3, 0.4) is 0 Å². The Morgan fingerprint density at radius 2 is 2.05 bits per heavy atom. The van der Waals surface area contributed by atoms with Crippen LogP contribution in [0.1, 0.15) is 19.4 Å². The zero-order valence-electron chi connectivity index (χ0n) is 10.8. The minimum atomic E-state index is -2.78. The molecule has 0 radical (unpaired) electrons. The third-order valence-electron chi connectivity index (χ3n) is 2.86.